The van der Waals surface area contributed by atoms with Crippen LogP contribution in [-0.4, -0.2) is 15.1 Å². The lowest BCUT2D eigenvalue weighted by atomic mass is 10.3. The molecule has 0 saturated heterocycles. The van der Waals surface area contributed by atoms with E-state index >= 15 is 0 Å². The Kier molecular flexibility index (Phi) is 3.10. The number of anilines is 1. The highest BCUT2D eigenvalue weighted by atomic mass is 32.1. The van der Waals surface area contributed by atoms with E-state index in [0.29, 0.717) is 11.5 Å². The van der Waals surface area contributed by atoms with Crippen molar-refractivity contribution in [3.63, 3.8) is 0 Å². The SMILES string of the molecule is Nc1ccc(/C=C/c2ccc([N+](=O)[O-])s2)nn1. The molecular weight excluding hydrogens is 240 g/mol. The van der Waals surface area contributed by atoms with Gasteiger partial charge < -0.3 is 5.73 Å². The summed E-state index contributed by atoms with van der Waals surface area (Å²) in [6, 6.07) is 6.52. The molecule has 7 heteroatoms. The Balaban J connectivity index is 2.14. The van der Waals surface area contributed by atoms with Gasteiger partial charge in [-0.15, -0.1) is 10.2 Å². The average molecular weight is 248 g/mol. The maximum atomic E-state index is 10.5. The van der Waals surface area contributed by atoms with Crippen molar-refractivity contribution in [2.45, 2.75) is 0 Å². The van der Waals surface area contributed by atoms with Gasteiger partial charge in [-0.3, -0.25) is 10.1 Å². The van der Waals surface area contributed by atoms with Gasteiger partial charge in [0.1, 0.15) is 5.82 Å². The molecule has 0 atom stereocenters. The fourth-order valence-electron chi connectivity index (χ4n) is 1.14. The predicted molar refractivity (Wildman–Crippen MR) is 66.3 cm³/mol. The van der Waals surface area contributed by atoms with Crippen molar-refractivity contribution in [3.8, 4) is 0 Å². The molecule has 0 saturated carbocycles. The Morgan fingerprint density at radius 3 is 2.65 bits per heavy atom. The van der Waals surface area contributed by atoms with Crippen molar-refractivity contribution in [2.75, 3.05) is 5.73 Å². The Hall–Kier alpha value is -2.28. The summed E-state index contributed by atoms with van der Waals surface area (Å²) in [5.74, 6) is 0.355. The van der Waals surface area contributed by atoms with E-state index < -0.39 is 4.92 Å². The third-order valence-corrected chi connectivity index (χ3v) is 2.92. The summed E-state index contributed by atoms with van der Waals surface area (Å²) in [5, 5.41) is 18.1. The van der Waals surface area contributed by atoms with Crippen LogP contribution in [-0.2, 0) is 0 Å². The number of nitrogen functional groups attached to an aromatic ring is 1. The number of hydrogen-bond acceptors (Lipinski definition) is 6. The molecule has 2 aromatic heterocycles. The van der Waals surface area contributed by atoms with Gasteiger partial charge in [-0.2, -0.15) is 0 Å². The summed E-state index contributed by atoms with van der Waals surface area (Å²) < 4.78 is 0. The molecule has 0 aliphatic rings. The predicted octanol–water partition coefficient (Wildman–Crippen LogP) is 2.20. The highest BCUT2D eigenvalue weighted by Gasteiger charge is 2.07. The van der Waals surface area contributed by atoms with E-state index in [4.69, 9.17) is 5.73 Å². The van der Waals surface area contributed by atoms with Crippen molar-refractivity contribution >= 4 is 34.3 Å². The number of nitrogens with two attached hydrogens (primary N) is 1. The summed E-state index contributed by atoms with van der Waals surface area (Å²) in [6.45, 7) is 0. The number of nitrogens with zero attached hydrogens (tertiary/aromatic N) is 3. The van der Waals surface area contributed by atoms with E-state index in [1.807, 2.05) is 0 Å². The highest BCUT2D eigenvalue weighted by Crippen LogP contribution is 2.25. The lowest BCUT2D eigenvalue weighted by Gasteiger charge is -1.91. The van der Waals surface area contributed by atoms with E-state index in [1.165, 1.54) is 6.07 Å². The first-order valence-electron chi connectivity index (χ1n) is 4.66. The van der Waals surface area contributed by atoms with Crippen molar-refractivity contribution in [3.05, 3.63) is 45.0 Å². The van der Waals surface area contributed by atoms with Crippen LogP contribution in [0, 0.1) is 10.1 Å². The standard InChI is InChI=1S/C10H8N4O2S/c11-9-5-2-7(12-13-9)1-3-8-4-6-10(17-8)14(15)16/h1-6H,(H2,11,13)/b3-1+. The lowest BCUT2D eigenvalue weighted by Crippen LogP contribution is -1.92. The number of thiophene rings is 1. The molecule has 2 aromatic rings. The zero-order chi connectivity index (χ0) is 12.3. The maximum absolute atomic E-state index is 10.5. The van der Waals surface area contributed by atoms with E-state index in [9.17, 15) is 10.1 Å². The van der Waals surface area contributed by atoms with Gasteiger partial charge in [-0.25, -0.2) is 0 Å². The Labute approximate surface area is 101 Å². The van der Waals surface area contributed by atoms with E-state index in [2.05, 4.69) is 10.2 Å². The van der Waals surface area contributed by atoms with E-state index in [-0.39, 0.29) is 5.00 Å². The molecule has 0 aliphatic carbocycles. The number of nitro groups is 1. The second kappa shape index (κ2) is 4.71. The van der Waals surface area contributed by atoms with Crippen LogP contribution >= 0.6 is 11.3 Å². The molecule has 0 amide bonds. The van der Waals surface area contributed by atoms with Gasteiger partial charge >= 0.3 is 5.00 Å². The van der Waals surface area contributed by atoms with Crippen LogP contribution in [0.25, 0.3) is 12.2 Å². The highest BCUT2D eigenvalue weighted by molar-refractivity contribution is 7.16. The monoisotopic (exact) mass is 248 g/mol. The van der Waals surface area contributed by atoms with Crippen molar-refractivity contribution in [2.24, 2.45) is 0 Å². The van der Waals surface area contributed by atoms with E-state index in [0.717, 1.165) is 16.2 Å². The second-order valence-corrected chi connectivity index (χ2v) is 4.24. The van der Waals surface area contributed by atoms with Crippen LogP contribution in [0.4, 0.5) is 10.8 Å². The zero-order valence-electron chi connectivity index (χ0n) is 8.61. The molecule has 2 heterocycles. The molecule has 17 heavy (non-hydrogen) atoms. The quantitative estimate of drug-likeness (QED) is 0.663. The van der Waals surface area contributed by atoms with Gasteiger partial charge in [-0.05, 0) is 30.4 Å². The molecule has 0 unspecified atom stereocenters. The van der Waals surface area contributed by atoms with Gasteiger partial charge in [0.05, 0.1) is 10.6 Å². The first kappa shape index (κ1) is 11.2. The van der Waals surface area contributed by atoms with Crippen LogP contribution in [0.3, 0.4) is 0 Å². The molecule has 0 radical (unpaired) electrons. The number of rotatable bonds is 3. The molecule has 0 aliphatic heterocycles. The third kappa shape index (κ3) is 2.85. The molecule has 0 spiro atoms. The van der Waals surface area contributed by atoms with Crippen LogP contribution in [0.2, 0.25) is 0 Å². The Morgan fingerprint density at radius 2 is 2.06 bits per heavy atom. The fraction of sp³-hybridized carbons (Fsp3) is 0. The number of hydrogen-bond donors (Lipinski definition) is 1. The fourth-order valence-corrected chi connectivity index (χ4v) is 1.86. The van der Waals surface area contributed by atoms with Crippen molar-refractivity contribution in [1.82, 2.24) is 10.2 Å². The molecule has 6 nitrogen and oxygen atoms in total. The number of aromatic nitrogens is 2. The topological polar surface area (TPSA) is 94.9 Å². The minimum Gasteiger partial charge on any atom is -0.382 e. The summed E-state index contributed by atoms with van der Waals surface area (Å²) >= 11 is 1.10. The first-order valence-corrected chi connectivity index (χ1v) is 5.48. The molecule has 0 bridgehead atoms. The van der Waals surface area contributed by atoms with Crippen molar-refractivity contribution < 1.29 is 4.92 Å². The largest absolute Gasteiger partial charge is 0.382 e. The Morgan fingerprint density at radius 1 is 1.24 bits per heavy atom. The summed E-state index contributed by atoms with van der Waals surface area (Å²) in [7, 11) is 0. The van der Waals surface area contributed by atoms with Gasteiger partial charge in [0.2, 0.25) is 0 Å². The van der Waals surface area contributed by atoms with Crippen LogP contribution in [0.1, 0.15) is 10.6 Å². The second-order valence-electron chi connectivity index (χ2n) is 3.15. The van der Waals surface area contributed by atoms with Crippen molar-refractivity contribution in [1.29, 1.82) is 0 Å². The maximum Gasteiger partial charge on any atom is 0.324 e. The first-order chi connectivity index (χ1) is 8.15. The molecule has 2 rings (SSSR count). The minimum atomic E-state index is -0.412. The summed E-state index contributed by atoms with van der Waals surface area (Å²) in [4.78, 5) is 10.9. The average Bonchev–Trinajstić information content (AvgIpc) is 2.77. The molecule has 0 fully saturated rings. The van der Waals surface area contributed by atoms with Gasteiger partial charge in [0.15, 0.2) is 0 Å². The lowest BCUT2D eigenvalue weighted by molar-refractivity contribution is -0.380. The van der Waals surface area contributed by atoms with E-state index in [1.54, 1.807) is 30.4 Å². The summed E-state index contributed by atoms with van der Waals surface area (Å²) in [5.41, 5.74) is 6.05. The zero-order valence-corrected chi connectivity index (χ0v) is 9.42. The van der Waals surface area contributed by atoms with Gasteiger partial charge in [-0.1, -0.05) is 11.3 Å². The van der Waals surface area contributed by atoms with Crippen LogP contribution < -0.4 is 5.73 Å². The summed E-state index contributed by atoms with van der Waals surface area (Å²) in [6.07, 6.45) is 3.47. The molecular formula is C10H8N4O2S. The minimum absolute atomic E-state index is 0.119. The normalized spacial score (nSPS) is 10.8. The Bertz CT molecular complexity index is 562. The van der Waals surface area contributed by atoms with Crippen LogP contribution in [0.15, 0.2) is 24.3 Å². The smallest absolute Gasteiger partial charge is 0.324 e. The van der Waals surface area contributed by atoms with Gasteiger partial charge in [0, 0.05) is 10.9 Å². The molecule has 0 aromatic carbocycles. The molecule has 2 N–H and O–H groups in total. The van der Waals surface area contributed by atoms with Gasteiger partial charge in [0.25, 0.3) is 0 Å². The molecule has 86 valence electrons. The van der Waals surface area contributed by atoms with Crippen LogP contribution in [0.5, 0.6) is 0 Å². The third-order valence-electron chi connectivity index (χ3n) is 1.92.